The van der Waals surface area contributed by atoms with Gasteiger partial charge >= 0.3 is 5.97 Å². The smallest absolute Gasteiger partial charge is 0.306 e. The molecule has 1 aromatic heterocycles. The van der Waals surface area contributed by atoms with Crippen molar-refractivity contribution in [3.8, 4) is 0 Å². The van der Waals surface area contributed by atoms with E-state index in [1.165, 1.54) is 11.3 Å². The monoisotopic (exact) mass is 292 g/mol. The van der Waals surface area contributed by atoms with Crippen LogP contribution in [0.4, 0.5) is 0 Å². The Kier molecular flexibility index (Phi) is 3.40. The highest BCUT2D eigenvalue weighted by Gasteiger charge is 2.29. The molecular weight excluding hydrogens is 284 g/mol. The van der Waals surface area contributed by atoms with Gasteiger partial charge in [0.25, 0.3) is 0 Å². The summed E-state index contributed by atoms with van der Waals surface area (Å²) < 4.78 is 11.8. The minimum Gasteiger partial charge on any atom is -0.481 e. The molecular formula is C9H9BrO4S. The van der Waals surface area contributed by atoms with Crippen molar-refractivity contribution in [1.29, 1.82) is 0 Å². The summed E-state index contributed by atoms with van der Waals surface area (Å²) in [5.41, 5.74) is 0. The van der Waals surface area contributed by atoms with Gasteiger partial charge in [-0.25, -0.2) is 0 Å². The number of carboxylic acids is 1. The van der Waals surface area contributed by atoms with Gasteiger partial charge in [0.15, 0.2) is 6.29 Å². The number of halogens is 1. The Hall–Kier alpha value is -0.430. The highest BCUT2D eigenvalue weighted by Crippen LogP contribution is 2.34. The summed E-state index contributed by atoms with van der Waals surface area (Å²) in [6, 6.07) is 3.82. The van der Waals surface area contributed by atoms with Crippen LogP contribution in [0.3, 0.4) is 0 Å². The van der Waals surface area contributed by atoms with Crippen LogP contribution in [0.5, 0.6) is 0 Å². The third kappa shape index (κ3) is 2.78. The first-order valence-electron chi connectivity index (χ1n) is 4.39. The molecule has 2 unspecified atom stereocenters. The molecule has 15 heavy (non-hydrogen) atoms. The molecule has 0 bridgehead atoms. The van der Waals surface area contributed by atoms with Crippen LogP contribution < -0.4 is 0 Å². The molecule has 0 amide bonds. The van der Waals surface area contributed by atoms with Crippen molar-refractivity contribution in [2.75, 3.05) is 6.61 Å². The van der Waals surface area contributed by atoms with E-state index in [9.17, 15) is 4.79 Å². The molecule has 2 rings (SSSR count). The van der Waals surface area contributed by atoms with Crippen LogP contribution in [0.1, 0.15) is 17.6 Å². The second-order valence-electron chi connectivity index (χ2n) is 3.16. The molecule has 0 aromatic carbocycles. The third-order valence-electron chi connectivity index (χ3n) is 1.98. The highest BCUT2D eigenvalue weighted by molar-refractivity contribution is 9.11. The van der Waals surface area contributed by atoms with E-state index >= 15 is 0 Å². The lowest BCUT2D eigenvalue weighted by Crippen LogP contribution is -2.14. The molecule has 4 nitrogen and oxygen atoms in total. The summed E-state index contributed by atoms with van der Waals surface area (Å²) in [6.07, 6.45) is -0.762. The molecule has 6 heteroatoms. The van der Waals surface area contributed by atoms with Crippen molar-refractivity contribution in [3.05, 3.63) is 20.8 Å². The summed E-state index contributed by atoms with van der Waals surface area (Å²) in [4.78, 5) is 11.4. The Morgan fingerprint density at radius 1 is 1.67 bits per heavy atom. The zero-order valence-corrected chi connectivity index (χ0v) is 10.1. The number of rotatable bonds is 3. The first kappa shape index (κ1) is 11.1. The van der Waals surface area contributed by atoms with Gasteiger partial charge in [-0.15, -0.1) is 11.3 Å². The Bertz CT molecular complexity index is 365. The maximum Gasteiger partial charge on any atom is 0.306 e. The number of aliphatic carboxylic acids is 1. The van der Waals surface area contributed by atoms with E-state index in [1.807, 2.05) is 12.1 Å². The number of ether oxygens (including phenoxy) is 2. The molecule has 1 fully saturated rings. The van der Waals surface area contributed by atoms with Crippen molar-refractivity contribution >= 4 is 33.2 Å². The topological polar surface area (TPSA) is 55.8 Å². The minimum absolute atomic E-state index is 0.0109. The second kappa shape index (κ2) is 4.61. The number of hydrogen-bond acceptors (Lipinski definition) is 4. The minimum atomic E-state index is -0.864. The average Bonchev–Trinajstić information content (AvgIpc) is 2.72. The van der Waals surface area contributed by atoms with Crippen molar-refractivity contribution in [3.63, 3.8) is 0 Å². The lowest BCUT2D eigenvalue weighted by atomic mass is 10.3. The Labute approximate surface area is 98.9 Å². The van der Waals surface area contributed by atoms with E-state index in [0.29, 0.717) is 6.61 Å². The van der Waals surface area contributed by atoms with Crippen LogP contribution in [0.25, 0.3) is 0 Å². The van der Waals surface area contributed by atoms with Gasteiger partial charge in [0.05, 0.1) is 27.8 Å². The highest BCUT2D eigenvalue weighted by atomic mass is 79.9. The molecule has 1 aromatic rings. The lowest BCUT2D eigenvalue weighted by Gasteiger charge is -2.07. The van der Waals surface area contributed by atoms with Gasteiger partial charge in [0.1, 0.15) is 0 Å². The number of carbonyl (C=O) groups is 1. The summed E-state index contributed by atoms with van der Waals surface area (Å²) in [5, 5.41) is 8.59. The van der Waals surface area contributed by atoms with Crippen LogP contribution in [0.15, 0.2) is 15.9 Å². The molecule has 2 heterocycles. The molecule has 1 saturated heterocycles. The lowest BCUT2D eigenvalue weighted by molar-refractivity contribution is -0.140. The van der Waals surface area contributed by atoms with Crippen molar-refractivity contribution in [1.82, 2.24) is 0 Å². The van der Waals surface area contributed by atoms with Gasteiger partial charge in [-0.2, -0.15) is 0 Å². The Balaban J connectivity index is 1.95. The maximum atomic E-state index is 10.5. The van der Waals surface area contributed by atoms with Gasteiger partial charge in [-0.1, -0.05) is 0 Å². The third-order valence-corrected chi connectivity index (χ3v) is 3.62. The SMILES string of the molecule is O=C(O)CC1COC(c2ccc(Br)s2)O1. The standard InChI is InChI=1S/C9H9BrO4S/c10-7-2-1-6(15-7)9-13-4-5(14-9)3-8(11)12/h1-2,5,9H,3-4H2,(H,11,12). The largest absolute Gasteiger partial charge is 0.481 e. The predicted octanol–water partition coefficient (Wildman–Crippen LogP) is 2.40. The van der Waals surface area contributed by atoms with Gasteiger partial charge in [0, 0.05) is 0 Å². The molecule has 1 N–H and O–H groups in total. The fourth-order valence-corrected chi connectivity index (χ4v) is 2.76. The first-order chi connectivity index (χ1) is 7.15. The van der Waals surface area contributed by atoms with E-state index in [4.69, 9.17) is 14.6 Å². The van der Waals surface area contributed by atoms with E-state index < -0.39 is 12.3 Å². The maximum absolute atomic E-state index is 10.5. The van der Waals surface area contributed by atoms with Crippen LogP contribution in [-0.2, 0) is 14.3 Å². The summed E-state index contributed by atoms with van der Waals surface area (Å²) in [6.45, 7) is 0.340. The molecule has 0 aliphatic carbocycles. The van der Waals surface area contributed by atoms with E-state index in [2.05, 4.69) is 15.9 Å². The Morgan fingerprint density at radius 3 is 3.07 bits per heavy atom. The molecule has 82 valence electrons. The fourth-order valence-electron chi connectivity index (χ4n) is 1.35. The summed E-state index contributed by atoms with van der Waals surface area (Å²) in [5.74, 6) is -0.864. The zero-order valence-electron chi connectivity index (χ0n) is 7.68. The van der Waals surface area contributed by atoms with Crippen molar-refractivity contribution in [2.45, 2.75) is 18.8 Å². The van der Waals surface area contributed by atoms with Crippen LogP contribution in [0.2, 0.25) is 0 Å². The van der Waals surface area contributed by atoms with Gasteiger partial charge in [0.2, 0.25) is 0 Å². The van der Waals surface area contributed by atoms with Crippen molar-refractivity contribution in [2.24, 2.45) is 0 Å². The van der Waals surface area contributed by atoms with Crippen LogP contribution in [-0.4, -0.2) is 23.8 Å². The molecule has 1 aliphatic heterocycles. The van der Waals surface area contributed by atoms with E-state index in [1.54, 1.807) is 0 Å². The van der Waals surface area contributed by atoms with Crippen LogP contribution in [0, 0.1) is 0 Å². The van der Waals surface area contributed by atoms with Gasteiger partial charge in [-0.05, 0) is 28.1 Å². The van der Waals surface area contributed by atoms with Crippen molar-refractivity contribution < 1.29 is 19.4 Å². The number of hydrogen-bond donors (Lipinski definition) is 1. The van der Waals surface area contributed by atoms with E-state index in [-0.39, 0.29) is 12.5 Å². The fraction of sp³-hybridized carbons (Fsp3) is 0.444. The average molecular weight is 293 g/mol. The quantitative estimate of drug-likeness (QED) is 0.929. The van der Waals surface area contributed by atoms with Crippen LogP contribution >= 0.6 is 27.3 Å². The Morgan fingerprint density at radius 2 is 2.47 bits per heavy atom. The first-order valence-corrected chi connectivity index (χ1v) is 6.00. The molecule has 0 radical (unpaired) electrons. The molecule has 0 spiro atoms. The number of carboxylic acid groups (broad SMARTS) is 1. The molecule has 2 atom stereocenters. The van der Waals surface area contributed by atoms with E-state index in [0.717, 1.165) is 8.66 Å². The number of thiophene rings is 1. The zero-order chi connectivity index (χ0) is 10.8. The molecule has 1 aliphatic rings. The summed E-state index contributed by atoms with van der Waals surface area (Å²) >= 11 is 4.87. The van der Waals surface area contributed by atoms with Gasteiger partial charge in [-0.3, -0.25) is 4.79 Å². The normalized spacial score (nSPS) is 25.7. The van der Waals surface area contributed by atoms with Gasteiger partial charge < -0.3 is 14.6 Å². The predicted molar refractivity (Wildman–Crippen MR) is 57.8 cm³/mol. The molecule has 0 saturated carbocycles. The second-order valence-corrected chi connectivity index (χ2v) is 5.66. The summed E-state index contributed by atoms with van der Waals surface area (Å²) in [7, 11) is 0.